The first-order valence-electron chi connectivity index (χ1n) is 11.7. The molecule has 0 unspecified atom stereocenters. The molecule has 10 nitrogen and oxygen atoms in total. The van der Waals surface area contributed by atoms with Gasteiger partial charge in [-0.1, -0.05) is 38.1 Å². The molecular weight excluding hydrogens is 506 g/mol. The second-order valence-corrected chi connectivity index (χ2v) is 10.3. The van der Waals surface area contributed by atoms with Crippen molar-refractivity contribution in [3.05, 3.63) is 81.6 Å². The van der Waals surface area contributed by atoms with Crippen LogP contribution in [-0.4, -0.2) is 45.7 Å². The normalized spacial score (nSPS) is 11.2. The molecule has 4 rings (SSSR count). The number of benzene rings is 2. The van der Waals surface area contributed by atoms with Gasteiger partial charge in [-0.2, -0.15) is 0 Å². The zero-order chi connectivity index (χ0) is 27.4. The predicted molar refractivity (Wildman–Crippen MR) is 147 cm³/mol. The van der Waals surface area contributed by atoms with Crippen molar-refractivity contribution in [3.63, 3.8) is 0 Å². The number of hydrogen-bond donors (Lipinski definition) is 4. The van der Waals surface area contributed by atoms with E-state index in [1.165, 1.54) is 15.9 Å². The fourth-order valence-corrected chi connectivity index (χ4v) is 4.60. The number of carbonyl (C=O) groups is 3. The number of nitrogens with zero attached hydrogens (tertiary/aromatic N) is 2. The first-order chi connectivity index (χ1) is 18.0. The number of carboxylic acid groups (broad SMARTS) is 1. The van der Waals surface area contributed by atoms with E-state index in [4.69, 9.17) is 5.11 Å². The number of aromatic nitrogens is 2. The number of rotatable bonds is 8. The molecule has 2 aromatic heterocycles. The minimum absolute atomic E-state index is 0.102. The lowest BCUT2D eigenvalue weighted by molar-refractivity contribution is -0.115. The highest BCUT2D eigenvalue weighted by atomic mass is 32.1. The van der Waals surface area contributed by atoms with Gasteiger partial charge in [-0.05, 0) is 35.2 Å². The highest BCUT2D eigenvalue weighted by Crippen LogP contribution is 2.27. The van der Waals surface area contributed by atoms with Gasteiger partial charge in [-0.15, -0.1) is 11.3 Å². The summed E-state index contributed by atoms with van der Waals surface area (Å²) < 4.78 is 1.51. The van der Waals surface area contributed by atoms with Crippen molar-refractivity contribution in [1.29, 1.82) is 0 Å². The maximum Gasteiger partial charge on any atom is 0.404 e. The van der Waals surface area contributed by atoms with Crippen LogP contribution < -0.4 is 21.5 Å². The molecule has 38 heavy (non-hydrogen) atoms. The number of anilines is 1. The summed E-state index contributed by atoms with van der Waals surface area (Å²) >= 11 is 1.24. The van der Waals surface area contributed by atoms with Gasteiger partial charge in [0.1, 0.15) is 0 Å². The van der Waals surface area contributed by atoms with Crippen molar-refractivity contribution in [3.8, 4) is 11.3 Å². The summed E-state index contributed by atoms with van der Waals surface area (Å²) in [7, 11) is 1.70. The summed E-state index contributed by atoms with van der Waals surface area (Å²) in [5.74, 6) is -0.865. The fraction of sp³-hybridized carbons (Fsp3) is 0.222. The van der Waals surface area contributed by atoms with Gasteiger partial charge in [0.15, 0.2) is 5.13 Å². The zero-order valence-corrected chi connectivity index (χ0v) is 21.9. The Morgan fingerprint density at radius 1 is 1.08 bits per heavy atom. The van der Waals surface area contributed by atoms with Gasteiger partial charge >= 0.3 is 6.09 Å². The van der Waals surface area contributed by atoms with Crippen molar-refractivity contribution in [2.45, 2.75) is 19.3 Å². The van der Waals surface area contributed by atoms with Crippen LogP contribution in [0.4, 0.5) is 9.93 Å². The Morgan fingerprint density at radius 3 is 2.63 bits per heavy atom. The van der Waals surface area contributed by atoms with Crippen molar-refractivity contribution in [2.75, 3.05) is 18.4 Å². The fourth-order valence-electron chi connectivity index (χ4n) is 3.87. The van der Waals surface area contributed by atoms with Gasteiger partial charge < -0.3 is 25.6 Å². The highest BCUT2D eigenvalue weighted by Gasteiger charge is 2.22. The molecule has 0 atom stereocenters. The quantitative estimate of drug-likeness (QED) is 0.273. The molecule has 4 aromatic rings. The molecule has 3 amide bonds. The van der Waals surface area contributed by atoms with Crippen LogP contribution in [0.15, 0.2) is 64.9 Å². The zero-order valence-electron chi connectivity index (χ0n) is 21.1. The molecule has 0 aliphatic rings. The number of aryl methyl sites for hydroxylation is 1. The van der Waals surface area contributed by atoms with Crippen molar-refractivity contribution >= 4 is 45.1 Å². The van der Waals surface area contributed by atoms with Crippen LogP contribution in [0.2, 0.25) is 0 Å². The molecule has 0 fully saturated rings. The van der Waals surface area contributed by atoms with Crippen LogP contribution in [0.3, 0.4) is 0 Å². The Bertz CT molecular complexity index is 1590. The van der Waals surface area contributed by atoms with Crippen molar-refractivity contribution in [1.82, 2.24) is 20.2 Å². The summed E-state index contributed by atoms with van der Waals surface area (Å²) in [6.45, 7) is 3.66. The molecule has 2 aromatic carbocycles. The van der Waals surface area contributed by atoms with Crippen LogP contribution >= 0.6 is 11.3 Å². The van der Waals surface area contributed by atoms with E-state index in [9.17, 15) is 19.2 Å². The number of pyridine rings is 1. The molecule has 0 bridgehead atoms. The smallest absolute Gasteiger partial charge is 0.404 e. The number of amides is 3. The minimum atomic E-state index is -1.12. The monoisotopic (exact) mass is 533 g/mol. The maximum atomic E-state index is 12.7. The Kier molecular flexibility index (Phi) is 7.58. The summed E-state index contributed by atoms with van der Waals surface area (Å²) in [5.41, 5.74) is 1.89. The molecule has 0 saturated heterocycles. The summed E-state index contributed by atoms with van der Waals surface area (Å²) in [6.07, 6.45) is 0.602. The standard InChI is InChI=1S/C27H27N5O5S/c1-27(2,15-29-26(36)37)19-6-4-5-18(11-19)23(34)28-13-22(33)31-25-30-21(14-38-25)17-8-7-16-9-10-32(3)24(35)20(16)12-17/h4-12,14,29H,13,15H2,1-3H3,(H,28,34)(H,36,37)(H,30,31,33). The number of nitrogens with one attached hydrogen (secondary N) is 3. The highest BCUT2D eigenvalue weighted by molar-refractivity contribution is 7.14. The molecular formula is C27H27N5O5S. The number of carbonyl (C=O) groups excluding carboxylic acids is 2. The third kappa shape index (κ3) is 6.06. The summed E-state index contributed by atoms with van der Waals surface area (Å²) in [5, 5.41) is 20.1. The van der Waals surface area contributed by atoms with E-state index in [-0.39, 0.29) is 18.6 Å². The van der Waals surface area contributed by atoms with E-state index in [1.807, 2.05) is 38.1 Å². The molecule has 0 radical (unpaired) electrons. The molecule has 0 aliphatic heterocycles. The van der Waals surface area contributed by atoms with Crippen molar-refractivity contribution < 1.29 is 19.5 Å². The van der Waals surface area contributed by atoms with Crippen molar-refractivity contribution in [2.24, 2.45) is 7.05 Å². The van der Waals surface area contributed by atoms with Gasteiger partial charge in [0.2, 0.25) is 5.91 Å². The third-order valence-corrected chi connectivity index (χ3v) is 6.88. The molecule has 0 saturated carbocycles. The first kappa shape index (κ1) is 26.6. The van der Waals surface area contributed by atoms with Gasteiger partial charge in [-0.3, -0.25) is 14.4 Å². The van der Waals surface area contributed by atoms with E-state index in [0.717, 1.165) is 16.5 Å². The Morgan fingerprint density at radius 2 is 1.87 bits per heavy atom. The molecule has 11 heteroatoms. The molecule has 0 spiro atoms. The molecule has 0 aliphatic carbocycles. The van der Waals surface area contributed by atoms with Gasteiger partial charge in [0.05, 0.1) is 12.2 Å². The summed E-state index contributed by atoms with van der Waals surface area (Å²) in [4.78, 5) is 52.9. The van der Waals surface area contributed by atoms with Gasteiger partial charge in [0.25, 0.3) is 11.5 Å². The predicted octanol–water partition coefficient (Wildman–Crippen LogP) is 3.58. The van der Waals surface area contributed by atoms with E-state index in [0.29, 0.717) is 21.8 Å². The summed E-state index contributed by atoms with van der Waals surface area (Å²) in [6, 6.07) is 14.2. The van der Waals surface area contributed by atoms with Crippen LogP contribution in [0.25, 0.3) is 22.0 Å². The van der Waals surface area contributed by atoms with Crippen LogP contribution in [0.5, 0.6) is 0 Å². The Hall–Kier alpha value is -4.51. The lowest BCUT2D eigenvalue weighted by Gasteiger charge is -2.25. The maximum absolute atomic E-state index is 12.7. The second-order valence-electron chi connectivity index (χ2n) is 9.43. The van der Waals surface area contributed by atoms with Crippen LogP contribution in [0.1, 0.15) is 29.8 Å². The van der Waals surface area contributed by atoms with E-state index in [1.54, 1.807) is 42.9 Å². The third-order valence-electron chi connectivity index (χ3n) is 6.13. The molecule has 196 valence electrons. The second kappa shape index (κ2) is 10.9. The van der Waals surface area contributed by atoms with Crippen LogP contribution in [0, 0.1) is 0 Å². The van der Waals surface area contributed by atoms with Gasteiger partial charge in [-0.25, -0.2) is 9.78 Å². The number of fused-ring (bicyclic) bond motifs is 1. The molecule has 2 heterocycles. The Balaban J connectivity index is 1.37. The number of thiazole rings is 1. The lowest BCUT2D eigenvalue weighted by atomic mass is 9.84. The molecule has 4 N–H and O–H groups in total. The Labute approximate surface area is 222 Å². The minimum Gasteiger partial charge on any atom is -0.465 e. The topological polar surface area (TPSA) is 142 Å². The lowest BCUT2D eigenvalue weighted by Crippen LogP contribution is -2.36. The number of hydrogen-bond acceptors (Lipinski definition) is 6. The van der Waals surface area contributed by atoms with E-state index < -0.39 is 23.3 Å². The van der Waals surface area contributed by atoms with E-state index in [2.05, 4.69) is 20.9 Å². The average Bonchev–Trinajstić information content (AvgIpc) is 3.36. The van der Waals surface area contributed by atoms with Gasteiger partial charge in [0, 0.05) is 47.1 Å². The van der Waals surface area contributed by atoms with Crippen LogP contribution in [-0.2, 0) is 17.3 Å². The average molecular weight is 534 g/mol. The largest absolute Gasteiger partial charge is 0.465 e. The SMILES string of the molecule is Cn1ccc2ccc(-c3csc(NC(=O)CNC(=O)c4cccc(C(C)(C)CNC(=O)O)c4)n3)cc2c1=O. The first-order valence-corrected chi connectivity index (χ1v) is 12.6. The van der Waals surface area contributed by atoms with E-state index >= 15 is 0 Å².